The van der Waals surface area contributed by atoms with Gasteiger partial charge in [0.2, 0.25) is 5.75 Å². The molecule has 0 amide bonds. The minimum absolute atomic E-state index is 0.142. The number of nitriles is 1. The Balaban J connectivity index is 2.54. The van der Waals surface area contributed by atoms with Gasteiger partial charge in [-0.05, 0) is 41.5 Å². The van der Waals surface area contributed by atoms with E-state index in [2.05, 4.69) is 6.07 Å². The van der Waals surface area contributed by atoms with Gasteiger partial charge in [0.05, 0.1) is 40.1 Å². The Labute approximate surface area is 145 Å². The zero-order chi connectivity index (χ0) is 18.4. The summed E-state index contributed by atoms with van der Waals surface area (Å²) in [5.41, 5.74) is 1.42. The van der Waals surface area contributed by atoms with Crippen molar-refractivity contribution < 1.29 is 23.3 Å². The van der Waals surface area contributed by atoms with Gasteiger partial charge in [0, 0.05) is 0 Å². The van der Waals surface area contributed by atoms with E-state index in [0.29, 0.717) is 33.9 Å². The van der Waals surface area contributed by atoms with Crippen molar-refractivity contribution in [1.29, 1.82) is 5.26 Å². The van der Waals surface area contributed by atoms with Crippen LogP contribution in [0, 0.1) is 17.1 Å². The van der Waals surface area contributed by atoms with Gasteiger partial charge in [0.25, 0.3) is 0 Å². The van der Waals surface area contributed by atoms with Gasteiger partial charge in [-0.3, -0.25) is 0 Å². The Morgan fingerprint density at radius 2 is 1.52 bits per heavy atom. The first-order valence-corrected chi connectivity index (χ1v) is 7.33. The standard InChI is InChI=1S/C19H18FNO4/c1-22-16-6-5-12(8-15(16)20)7-14(11-21)13-9-17(23-2)19(25-4)18(10-13)24-3/h5-10H,1-4H3/b14-7-. The molecule has 2 aromatic rings. The van der Waals surface area contributed by atoms with E-state index in [1.807, 2.05) is 0 Å². The van der Waals surface area contributed by atoms with Crippen LogP contribution in [0.4, 0.5) is 4.39 Å². The number of nitrogens with zero attached hydrogens (tertiary/aromatic N) is 1. The zero-order valence-electron chi connectivity index (χ0n) is 14.4. The molecular formula is C19H18FNO4. The van der Waals surface area contributed by atoms with Gasteiger partial charge in [0.15, 0.2) is 23.1 Å². The molecule has 0 fully saturated rings. The number of benzene rings is 2. The van der Waals surface area contributed by atoms with Crippen molar-refractivity contribution in [2.24, 2.45) is 0 Å². The molecule has 0 aliphatic carbocycles. The molecule has 0 atom stereocenters. The largest absolute Gasteiger partial charge is 0.494 e. The smallest absolute Gasteiger partial charge is 0.203 e. The molecule has 0 heterocycles. The number of rotatable bonds is 6. The molecule has 0 aromatic heterocycles. The van der Waals surface area contributed by atoms with Crippen LogP contribution >= 0.6 is 0 Å². The number of ether oxygens (including phenoxy) is 4. The molecule has 6 heteroatoms. The highest BCUT2D eigenvalue weighted by atomic mass is 19.1. The molecule has 0 saturated carbocycles. The normalized spacial score (nSPS) is 10.8. The fourth-order valence-corrected chi connectivity index (χ4v) is 2.36. The molecule has 0 aliphatic rings. The maximum atomic E-state index is 13.8. The molecule has 25 heavy (non-hydrogen) atoms. The topological polar surface area (TPSA) is 60.7 Å². The maximum absolute atomic E-state index is 13.8. The summed E-state index contributed by atoms with van der Waals surface area (Å²) in [7, 11) is 5.89. The van der Waals surface area contributed by atoms with E-state index in [-0.39, 0.29) is 5.75 Å². The molecule has 0 saturated heterocycles. The van der Waals surface area contributed by atoms with E-state index in [1.54, 1.807) is 24.3 Å². The van der Waals surface area contributed by atoms with Crippen LogP contribution in [0.5, 0.6) is 23.0 Å². The predicted molar refractivity (Wildman–Crippen MR) is 92.5 cm³/mol. The summed E-state index contributed by atoms with van der Waals surface area (Å²) in [4.78, 5) is 0. The maximum Gasteiger partial charge on any atom is 0.203 e. The summed E-state index contributed by atoms with van der Waals surface area (Å²) in [6, 6.07) is 9.91. The van der Waals surface area contributed by atoms with E-state index in [4.69, 9.17) is 18.9 Å². The minimum Gasteiger partial charge on any atom is -0.494 e. The second-order valence-corrected chi connectivity index (χ2v) is 4.98. The molecule has 0 aliphatic heterocycles. The Hall–Kier alpha value is -3.20. The van der Waals surface area contributed by atoms with Crippen LogP contribution in [0.3, 0.4) is 0 Å². The highest BCUT2D eigenvalue weighted by molar-refractivity contribution is 5.90. The van der Waals surface area contributed by atoms with Gasteiger partial charge in [-0.15, -0.1) is 0 Å². The van der Waals surface area contributed by atoms with Crippen molar-refractivity contribution in [1.82, 2.24) is 0 Å². The van der Waals surface area contributed by atoms with Crippen molar-refractivity contribution >= 4 is 11.6 Å². The summed E-state index contributed by atoms with van der Waals surface area (Å²) in [6.07, 6.45) is 1.57. The third-order valence-electron chi connectivity index (χ3n) is 3.58. The molecule has 0 unspecified atom stereocenters. The third-order valence-corrected chi connectivity index (χ3v) is 3.58. The van der Waals surface area contributed by atoms with Gasteiger partial charge < -0.3 is 18.9 Å². The number of hydrogen-bond acceptors (Lipinski definition) is 5. The molecule has 0 N–H and O–H groups in total. The number of halogens is 1. The Morgan fingerprint density at radius 3 is 1.96 bits per heavy atom. The lowest BCUT2D eigenvalue weighted by atomic mass is 10.0. The first-order chi connectivity index (χ1) is 12.1. The average molecular weight is 343 g/mol. The first kappa shape index (κ1) is 18.1. The van der Waals surface area contributed by atoms with E-state index in [0.717, 1.165) is 0 Å². The summed E-state index contributed by atoms with van der Waals surface area (Å²) >= 11 is 0. The number of methoxy groups -OCH3 is 4. The van der Waals surface area contributed by atoms with Crippen LogP contribution in [-0.2, 0) is 0 Å². The van der Waals surface area contributed by atoms with Gasteiger partial charge in [0.1, 0.15) is 0 Å². The minimum atomic E-state index is -0.501. The van der Waals surface area contributed by atoms with Crippen LogP contribution in [-0.4, -0.2) is 28.4 Å². The van der Waals surface area contributed by atoms with Crippen molar-refractivity contribution in [3.63, 3.8) is 0 Å². The second-order valence-electron chi connectivity index (χ2n) is 4.98. The number of hydrogen-bond donors (Lipinski definition) is 0. The van der Waals surface area contributed by atoms with Gasteiger partial charge in [-0.1, -0.05) is 6.07 Å². The second kappa shape index (κ2) is 8.06. The Morgan fingerprint density at radius 1 is 0.920 bits per heavy atom. The van der Waals surface area contributed by atoms with Crippen LogP contribution in [0.25, 0.3) is 11.6 Å². The predicted octanol–water partition coefficient (Wildman–Crippen LogP) is 3.92. The lowest BCUT2D eigenvalue weighted by molar-refractivity contribution is 0.324. The Bertz CT molecular complexity index is 815. The van der Waals surface area contributed by atoms with E-state index in [9.17, 15) is 9.65 Å². The molecule has 130 valence electrons. The lowest BCUT2D eigenvalue weighted by Crippen LogP contribution is -1.96. The first-order valence-electron chi connectivity index (χ1n) is 7.33. The highest BCUT2D eigenvalue weighted by Crippen LogP contribution is 2.40. The number of allylic oxidation sites excluding steroid dienone is 1. The van der Waals surface area contributed by atoms with Crippen LogP contribution in [0.15, 0.2) is 30.3 Å². The molecule has 2 rings (SSSR count). The fourth-order valence-electron chi connectivity index (χ4n) is 2.36. The summed E-state index contributed by atoms with van der Waals surface area (Å²) in [6.45, 7) is 0. The molecule has 0 bridgehead atoms. The highest BCUT2D eigenvalue weighted by Gasteiger charge is 2.15. The summed E-state index contributed by atoms with van der Waals surface area (Å²) in [5, 5.41) is 9.51. The van der Waals surface area contributed by atoms with Gasteiger partial charge in [-0.25, -0.2) is 4.39 Å². The van der Waals surface area contributed by atoms with Gasteiger partial charge in [-0.2, -0.15) is 5.26 Å². The van der Waals surface area contributed by atoms with Crippen molar-refractivity contribution in [2.45, 2.75) is 0 Å². The molecule has 5 nitrogen and oxygen atoms in total. The van der Waals surface area contributed by atoms with Gasteiger partial charge >= 0.3 is 0 Å². The molecule has 0 radical (unpaired) electrons. The molecule has 0 spiro atoms. The van der Waals surface area contributed by atoms with Crippen LogP contribution in [0.1, 0.15) is 11.1 Å². The monoisotopic (exact) mass is 343 g/mol. The quantitative estimate of drug-likeness (QED) is 0.587. The van der Waals surface area contributed by atoms with E-state index >= 15 is 0 Å². The summed E-state index contributed by atoms with van der Waals surface area (Å²) in [5.74, 6) is 0.932. The van der Waals surface area contributed by atoms with Crippen molar-refractivity contribution in [3.8, 4) is 29.1 Å². The van der Waals surface area contributed by atoms with Crippen LogP contribution in [0.2, 0.25) is 0 Å². The average Bonchev–Trinajstić information content (AvgIpc) is 2.64. The summed E-state index contributed by atoms with van der Waals surface area (Å²) < 4.78 is 34.6. The van der Waals surface area contributed by atoms with Crippen molar-refractivity contribution in [3.05, 3.63) is 47.3 Å². The van der Waals surface area contributed by atoms with Crippen LogP contribution < -0.4 is 18.9 Å². The molecular weight excluding hydrogens is 325 g/mol. The SMILES string of the molecule is COc1ccc(/C=C(/C#N)c2cc(OC)c(OC)c(OC)c2)cc1F. The lowest BCUT2D eigenvalue weighted by Gasteiger charge is -2.13. The van der Waals surface area contributed by atoms with E-state index in [1.165, 1.54) is 40.6 Å². The zero-order valence-corrected chi connectivity index (χ0v) is 14.4. The Kier molecular flexibility index (Phi) is 5.85. The van der Waals surface area contributed by atoms with Crippen molar-refractivity contribution in [2.75, 3.05) is 28.4 Å². The third kappa shape index (κ3) is 3.83. The fraction of sp³-hybridized carbons (Fsp3) is 0.211. The molecule has 2 aromatic carbocycles. The van der Waals surface area contributed by atoms with E-state index < -0.39 is 5.82 Å².